The molecule has 2 heterocycles. The Morgan fingerprint density at radius 3 is 2.71 bits per heavy atom. The maximum absolute atomic E-state index is 13.1. The molecule has 4 nitrogen and oxygen atoms in total. The highest BCUT2D eigenvalue weighted by Crippen LogP contribution is 2.31. The van der Waals surface area contributed by atoms with Crippen LogP contribution in [-0.4, -0.2) is 29.9 Å². The zero-order valence-corrected chi connectivity index (χ0v) is 13.9. The average Bonchev–Trinajstić information content (AvgIpc) is 3.00. The van der Waals surface area contributed by atoms with Crippen LogP contribution in [0.2, 0.25) is 0 Å². The number of ether oxygens (including phenoxy) is 1. The third-order valence-corrected chi connectivity index (χ3v) is 4.64. The molecule has 3 aromatic rings. The van der Waals surface area contributed by atoms with Crippen molar-refractivity contribution in [1.82, 2.24) is 9.55 Å². The number of fused-ring (bicyclic) bond motifs is 1. The first-order chi connectivity index (χ1) is 11.7. The average molecular weight is 350 g/mol. The molecule has 0 unspecified atom stereocenters. The Balaban J connectivity index is 2.19. The molecule has 126 valence electrons. The molecule has 0 aliphatic rings. The molecule has 0 saturated heterocycles. The van der Waals surface area contributed by atoms with Crippen molar-refractivity contribution in [2.45, 2.75) is 13.0 Å². The number of thiophene rings is 1. The van der Waals surface area contributed by atoms with Crippen molar-refractivity contribution in [1.29, 1.82) is 0 Å². The van der Waals surface area contributed by atoms with Crippen molar-refractivity contribution < 1.29 is 13.5 Å². The SMILES string of the molecule is COCCc1nc2scc(-c3ccc(F)cc3)c2c(=O)n1CCF. The Hall–Kier alpha value is -2.12. The fourth-order valence-corrected chi connectivity index (χ4v) is 3.56. The van der Waals surface area contributed by atoms with Gasteiger partial charge in [-0.15, -0.1) is 11.3 Å². The highest BCUT2D eigenvalue weighted by Gasteiger charge is 2.17. The van der Waals surface area contributed by atoms with Crippen LogP contribution in [0.25, 0.3) is 21.3 Å². The zero-order chi connectivity index (χ0) is 17.1. The topological polar surface area (TPSA) is 44.1 Å². The first-order valence-electron chi connectivity index (χ1n) is 7.47. The number of aromatic nitrogens is 2. The van der Waals surface area contributed by atoms with Gasteiger partial charge in [-0.3, -0.25) is 9.36 Å². The lowest BCUT2D eigenvalue weighted by Crippen LogP contribution is -2.26. The predicted octanol–water partition coefficient (Wildman–Crippen LogP) is 3.42. The van der Waals surface area contributed by atoms with E-state index in [1.807, 2.05) is 5.38 Å². The van der Waals surface area contributed by atoms with Gasteiger partial charge in [0.05, 0.1) is 18.5 Å². The zero-order valence-electron chi connectivity index (χ0n) is 13.1. The van der Waals surface area contributed by atoms with Crippen LogP contribution in [-0.2, 0) is 17.7 Å². The van der Waals surface area contributed by atoms with Gasteiger partial charge in [0.2, 0.25) is 0 Å². The highest BCUT2D eigenvalue weighted by atomic mass is 32.1. The number of benzene rings is 1. The van der Waals surface area contributed by atoms with Crippen LogP contribution in [0.3, 0.4) is 0 Å². The Morgan fingerprint density at radius 2 is 2.04 bits per heavy atom. The third-order valence-electron chi connectivity index (χ3n) is 3.77. The van der Waals surface area contributed by atoms with E-state index in [2.05, 4.69) is 4.98 Å². The van der Waals surface area contributed by atoms with Crippen LogP contribution in [0, 0.1) is 5.82 Å². The van der Waals surface area contributed by atoms with Crippen molar-refractivity contribution >= 4 is 21.6 Å². The molecule has 0 N–H and O–H groups in total. The Bertz CT molecular complexity index is 903. The van der Waals surface area contributed by atoms with E-state index < -0.39 is 6.67 Å². The molecule has 0 radical (unpaired) electrons. The van der Waals surface area contributed by atoms with E-state index >= 15 is 0 Å². The lowest BCUT2D eigenvalue weighted by Gasteiger charge is -2.11. The van der Waals surface area contributed by atoms with Gasteiger partial charge < -0.3 is 4.74 Å². The molecule has 0 fully saturated rings. The molecular weight excluding hydrogens is 334 g/mol. The first-order valence-corrected chi connectivity index (χ1v) is 8.35. The van der Waals surface area contributed by atoms with Crippen LogP contribution in [0.15, 0.2) is 34.4 Å². The van der Waals surface area contributed by atoms with Crippen LogP contribution in [0.5, 0.6) is 0 Å². The lowest BCUT2D eigenvalue weighted by molar-refractivity contribution is 0.199. The van der Waals surface area contributed by atoms with E-state index in [9.17, 15) is 13.6 Å². The molecule has 0 spiro atoms. The van der Waals surface area contributed by atoms with Gasteiger partial charge in [-0.25, -0.2) is 13.8 Å². The fourth-order valence-electron chi connectivity index (χ4n) is 2.61. The summed E-state index contributed by atoms with van der Waals surface area (Å²) in [7, 11) is 1.56. The van der Waals surface area contributed by atoms with Crippen molar-refractivity contribution in [3.63, 3.8) is 0 Å². The molecule has 0 bridgehead atoms. The van der Waals surface area contributed by atoms with E-state index in [1.165, 1.54) is 28.0 Å². The Kier molecular flexibility index (Phi) is 5.01. The summed E-state index contributed by atoms with van der Waals surface area (Å²) in [4.78, 5) is 18.0. The summed E-state index contributed by atoms with van der Waals surface area (Å²) in [5.41, 5.74) is 1.15. The van der Waals surface area contributed by atoms with Gasteiger partial charge in [0.15, 0.2) is 0 Å². The predicted molar refractivity (Wildman–Crippen MR) is 90.8 cm³/mol. The smallest absolute Gasteiger partial charge is 0.262 e. The van der Waals surface area contributed by atoms with Crippen LogP contribution >= 0.6 is 11.3 Å². The second-order valence-corrected chi connectivity index (χ2v) is 6.11. The van der Waals surface area contributed by atoms with Gasteiger partial charge in [0, 0.05) is 24.5 Å². The van der Waals surface area contributed by atoms with Crippen molar-refractivity contribution in [3.8, 4) is 11.1 Å². The maximum Gasteiger partial charge on any atom is 0.262 e. The third kappa shape index (κ3) is 3.09. The van der Waals surface area contributed by atoms with Gasteiger partial charge in [-0.1, -0.05) is 12.1 Å². The van der Waals surface area contributed by atoms with Gasteiger partial charge in [-0.05, 0) is 17.7 Å². The quantitative estimate of drug-likeness (QED) is 0.684. The summed E-state index contributed by atoms with van der Waals surface area (Å²) < 4.78 is 32.4. The normalized spacial score (nSPS) is 11.3. The van der Waals surface area contributed by atoms with E-state index in [0.29, 0.717) is 34.6 Å². The van der Waals surface area contributed by atoms with E-state index in [1.54, 1.807) is 19.2 Å². The summed E-state index contributed by atoms with van der Waals surface area (Å²) >= 11 is 1.35. The molecule has 7 heteroatoms. The minimum atomic E-state index is -0.650. The van der Waals surface area contributed by atoms with E-state index in [4.69, 9.17) is 4.74 Å². The molecule has 1 aromatic carbocycles. The second kappa shape index (κ2) is 7.19. The molecule has 0 atom stereocenters. The number of methoxy groups -OCH3 is 1. The van der Waals surface area contributed by atoms with Crippen LogP contribution in [0.4, 0.5) is 8.78 Å². The van der Waals surface area contributed by atoms with Gasteiger partial charge >= 0.3 is 0 Å². The maximum atomic E-state index is 13.1. The first kappa shape index (κ1) is 16.7. The molecule has 0 aliphatic heterocycles. The lowest BCUT2D eigenvalue weighted by atomic mass is 10.1. The number of nitrogens with zero attached hydrogens (tertiary/aromatic N) is 2. The minimum Gasteiger partial charge on any atom is -0.384 e. The molecule has 0 saturated carbocycles. The monoisotopic (exact) mass is 350 g/mol. The standard InChI is InChI=1S/C17H16F2N2O2S/c1-23-9-6-14-20-16-15(17(22)21(14)8-7-18)13(10-24-16)11-2-4-12(19)5-3-11/h2-5,10H,6-9H2,1H3. The number of halogens is 2. The molecule has 0 aliphatic carbocycles. The van der Waals surface area contributed by atoms with Crippen molar-refractivity contribution in [2.75, 3.05) is 20.4 Å². The fraction of sp³-hybridized carbons (Fsp3) is 0.294. The molecular formula is C17H16F2N2O2S. The Labute approximate surface area is 141 Å². The van der Waals surface area contributed by atoms with E-state index in [-0.39, 0.29) is 17.9 Å². The minimum absolute atomic E-state index is 0.0421. The number of hydrogen-bond acceptors (Lipinski definition) is 4. The molecule has 0 amide bonds. The van der Waals surface area contributed by atoms with Gasteiger partial charge in [-0.2, -0.15) is 0 Å². The summed E-state index contributed by atoms with van der Waals surface area (Å²) in [6, 6.07) is 5.93. The Morgan fingerprint density at radius 1 is 1.29 bits per heavy atom. The van der Waals surface area contributed by atoms with Crippen LogP contribution < -0.4 is 5.56 Å². The summed E-state index contributed by atoms with van der Waals surface area (Å²) in [5.74, 6) is 0.174. The number of rotatable bonds is 6. The van der Waals surface area contributed by atoms with Crippen molar-refractivity contribution in [3.05, 3.63) is 51.6 Å². The number of hydrogen-bond donors (Lipinski definition) is 0. The second-order valence-electron chi connectivity index (χ2n) is 5.25. The van der Waals surface area contributed by atoms with Gasteiger partial charge in [0.25, 0.3) is 5.56 Å². The summed E-state index contributed by atoms with van der Waals surface area (Å²) in [5, 5.41) is 2.27. The largest absolute Gasteiger partial charge is 0.384 e. The van der Waals surface area contributed by atoms with E-state index in [0.717, 1.165) is 5.56 Å². The number of alkyl halides is 1. The molecule has 2 aromatic heterocycles. The molecule has 24 heavy (non-hydrogen) atoms. The summed E-state index contributed by atoms with van der Waals surface area (Å²) in [6.07, 6.45) is 0.436. The van der Waals surface area contributed by atoms with Crippen LogP contribution in [0.1, 0.15) is 5.82 Å². The highest BCUT2D eigenvalue weighted by molar-refractivity contribution is 7.17. The summed E-state index contributed by atoms with van der Waals surface area (Å²) in [6.45, 7) is -0.289. The van der Waals surface area contributed by atoms with Crippen molar-refractivity contribution in [2.24, 2.45) is 0 Å². The molecule has 3 rings (SSSR count). The van der Waals surface area contributed by atoms with Gasteiger partial charge in [0.1, 0.15) is 23.1 Å².